The average molecular weight is 576 g/mol. The molecule has 0 bridgehead atoms. The molecule has 1 aliphatic heterocycles. The van der Waals surface area contributed by atoms with Gasteiger partial charge in [-0.15, -0.1) is 11.7 Å². The molecule has 2 heterocycles. The number of aromatic nitrogens is 3. The van der Waals surface area contributed by atoms with Gasteiger partial charge in [-0.25, -0.2) is 4.68 Å². The minimum Gasteiger partial charge on any atom is -0.493 e. The quantitative estimate of drug-likeness (QED) is 0.205. The lowest BCUT2D eigenvalue weighted by atomic mass is 9.97. The predicted molar refractivity (Wildman–Crippen MR) is 138 cm³/mol. The number of esters is 4. The Morgan fingerprint density at radius 1 is 0.951 bits per heavy atom. The van der Waals surface area contributed by atoms with E-state index in [1.54, 1.807) is 12.1 Å². The molecule has 0 amide bonds. The Kier molecular flexibility index (Phi) is 10.8. The highest BCUT2D eigenvalue weighted by atomic mass is 16.7. The molecule has 1 fully saturated rings. The summed E-state index contributed by atoms with van der Waals surface area (Å²) in [5.41, 5.74) is 1.37. The minimum atomic E-state index is -1.33. The molecule has 14 nitrogen and oxygen atoms in total. The average Bonchev–Trinajstić information content (AvgIpc) is 3.37. The molecule has 3 rings (SSSR count). The lowest BCUT2D eigenvalue weighted by molar-refractivity contribution is -0.270. The van der Waals surface area contributed by atoms with Crippen LogP contribution in [0.15, 0.2) is 37.1 Å². The first-order chi connectivity index (χ1) is 19.5. The molecule has 41 heavy (non-hydrogen) atoms. The molecule has 0 saturated carbocycles. The summed E-state index contributed by atoms with van der Waals surface area (Å²) in [7, 11) is 1.53. The first kappa shape index (κ1) is 31.1. The molecule has 0 aliphatic carbocycles. The van der Waals surface area contributed by atoms with E-state index < -0.39 is 54.5 Å². The lowest BCUT2D eigenvalue weighted by Gasteiger charge is -2.44. The van der Waals surface area contributed by atoms with Crippen molar-refractivity contribution < 1.29 is 52.3 Å². The van der Waals surface area contributed by atoms with Crippen LogP contribution in [0.1, 0.15) is 45.2 Å². The monoisotopic (exact) mass is 575 g/mol. The van der Waals surface area contributed by atoms with Crippen molar-refractivity contribution in [2.75, 3.05) is 13.7 Å². The van der Waals surface area contributed by atoms with Gasteiger partial charge in [0.1, 0.15) is 25.0 Å². The van der Waals surface area contributed by atoms with E-state index in [0.29, 0.717) is 23.6 Å². The summed E-state index contributed by atoms with van der Waals surface area (Å²) in [6, 6.07) is 5.49. The summed E-state index contributed by atoms with van der Waals surface area (Å²) in [5.74, 6) is -1.81. The van der Waals surface area contributed by atoms with Gasteiger partial charge in [0.05, 0.1) is 13.3 Å². The molecule has 14 heteroatoms. The van der Waals surface area contributed by atoms with Crippen LogP contribution in [-0.4, -0.2) is 77.0 Å². The number of rotatable bonds is 12. The van der Waals surface area contributed by atoms with Gasteiger partial charge in [-0.3, -0.25) is 19.2 Å². The highest BCUT2D eigenvalue weighted by Crippen LogP contribution is 2.35. The van der Waals surface area contributed by atoms with E-state index in [2.05, 4.69) is 16.9 Å². The Morgan fingerprint density at radius 3 is 2.22 bits per heavy atom. The highest BCUT2D eigenvalue weighted by molar-refractivity contribution is 5.68. The van der Waals surface area contributed by atoms with Crippen LogP contribution < -0.4 is 9.47 Å². The molecular weight excluding hydrogens is 542 g/mol. The number of carbonyl (C=O) groups excluding carboxylic acids is 4. The number of allylic oxidation sites excluding steroid dienone is 1. The second kappa shape index (κ2) is 14.3. The molecule has 0 unspecified atom stereocenters. The van der Waals surface area contributed by atoms with E-state index in [1.807, 2.05) is 12.1 Å². The molecule has 0 spiro atoms. The van der Waals surface area contributed by atoms with E-state index in [0.717, 1.165) is 26.3 Å². The summed E-state index contributed by atoms with van der Waals surface area (Å²) < 4.78 is 40.0. The van der Waals surface area contributed by atoms with Crippen molar-refractivity contribution in [1.29, 1.82) is 0 Å². The fourth-order valence-electron chi connectivity index (χ4n) is 4.20. The number of benzene rings is 1. The highest BCUT2D eigenvalue weighted by Gasteiger charge is 2.53. The van der Waals surface area contributed by atoms with Gasteiger partial charge in [0, 0.05) is 27.7 Å². The molecule has 2 aromatic rings. The first-order valence-corrected chi connectivity index (χ1v) is 12.6. The van der Waals surface area contributed by atoms with E-state index in [9.17, 15) is 19.2 Å². The van der Waals surface area contributed by atoms with Crippen LogP contribution in [0.25, 0.3) is 0 Å². The maximum absolute atomic E-state index is 12.1. The van der Waals surface area contributed by atoms with E-state index in [4.69, 9.17) is 33.2 Å². The van der Waals surface area contributed by atoms with Gasteiger partial charge in [-0.2, -0.15) is 0 Å². The Morgan fingerprint density at radius 2 is 1.61 bits per heavy atom. The summed E-state index contributed by atoms with van der Waals surface area (Å²) in [4.78, 5) is 47.5. The Bertz CT molecular complexity index is 1260. The third kappa shape index (κ3) is 8.51. The van der Waals surface area contributed by atoms with Crippen molar-refractivity contribution in [3.05, 3.63) is 48.3 Å². The third-order valence-corrected chi connectivity index (χ3v) is 5.77. The summed E-state index contributed by atoms with van der Waals surface area (Å²) in [6.45, 7) is 8.00. The molecule has 5 atom stereocenters. The van der Waals surface area contributed by atoms with Crippen LogP contribution >= 0.6 is 0 Å². The SMILES string of the molecule is C=CCc1ccc(OCc2cn([C@@H]3O[C@H](COC(C)=O)[C@@H](OC(C)=O)[C@H](OC(C)=O)[C@H]3OC(C)=O)nn2)c(OC)c1. The van der Waals surface area contributed by atoms with Crippen molar-refractivity contribution in [1.82, 2.24) is 15.0 Å². The van der Waals surface area contributed by atoms with Crippen LogP contribution in [0, 0.1) is 0 Å². The van der Waals surface area contributed by atoms with Crippen LogP contribution in [0.4, 0.5) is 0 Å². The zero-order valence-corrected chi connectivity index (χ0v) is 23.4. The van der Waals surface area contributed by atoms with Crippen molar-refractivity contribution >= 4 is 23.9 Å². The molecule has 1 saturated heterocycles. The van der Waals surface area contributed by atoms with Crippen molar-refractivity contribution in [3.63, 3.8) is 0 Å². The second-order valence-corrected chi connectivity index (χ2v) is 9.05. The normalized spacial score (nSPS) is 21.7. The minimum absolute atomic E-state index is 0.0115. The van der Waals surface area contributed by atoms with E-state index in [-0.39, 0.29) is 13.2 Å². The zero-order chi connectivity index (χ0) is 30.1. The summed E-state index contributed by atoms with van der Waals surface area (Å²) in [5, 5.41) is 8.20. The topological polar surface area (TPSA) is 164 Å². The van der Waals surface area contributed by atoms with Crippen LogP contribution in [0.3, 0.4) is 0 Å². The molecule has 1 aliphatic rings. The summed E-state index contributed by atoms with van der Waals surface area (Å²) in [6.07, 6.45) is -2.33. The van der Waals surface area contributed by atoms with Crippen LogP contribution in [0.5, 0.6) is 11.5 Å². The van der Waals surface area contributed by atoms with Crippen LogP contribution in [-0.2, 0) is 55.9 Å². The van der Waals surface area contributed by atoms with Gasteiger partial charge < -0.3 is 33.2 Å². The van der Waals surface area contributed by atoms with Gasteiger partial charge in [-0.1, -0.05) is 17.4 Å². The number of hydrogen-bond acceptors (Lipinski definition) is 13. The van der Waals surface area contributed by atoms with Gasteiger partial charge in [-0.05, 0) is 24.1 Å². The number of carbonyl (C=O) groups is 4. The largest absolute Gasteiger partial charge is 0.493 e. The van der Waals surface area contributed by atoms with Gasteiger partial charge in [0.15, 0.2) is 36.0 Å². The Labute approximate surface area is 236 Å². The number of hydrogen-bond donors (Lipinski definition) is 0. The van der Waals surface area contributed by atoms with Gasteiger partial charge in [0.2, 0.25) is 0 Å². The zero-order valence-electron chi connectivity index (χ0n) is 23.4. The van der Waals surface area contributed by atoms with E-state index >= 15 is 0 Å². The van der Waals surface area contributed by atoms with Crippen molar-refractivity contribution in [2.24, 2.45) is 0 Å². The van der Waals surface area contributed by atoms with Crippen molar-refractivity contribution in [2.45, 2.75) is 71.4 Å². The first-order valence-electron chi connectivity index (χ1n) is 12.6. The Balaban J connectivity index is 1.91. The smallest absolute Gasteiger partial charge is 0.303 e. The van der Waals surface area contributed by atoms with Crippen LogP contribution in [0.2, 0.25) is 0 Å². The number of ether oxygens (including phenoxy) is 7. The maximum Gasteiger partial charge on any atom is 0.303 e. The Hall–Kier alpha value is -4.46. The third-order valence-electron chi connectivity index (χ3n) is 5.77. The summed E-state index contributed by atoms with van der Waals surface area (Å²) >= 11 is 0. The predicted octanol–water partition coefficient (Wildman–Crippen LogP) is 1.85. The lowest BCUT2D eigenvalue weighted by Crippen LogP contribution is -2.60. The molecular formula is C27H33N3O11. The molecule has 0 radical (unpaired) electrons. The fraction of sp³-hybridized carbons (Fsp3) is 0.481. The maximum atomic E-state index is 12.1. The molecule has 0 N–H and O–H groups in total. The molecule has 222 valence electrons. The fourth-order valence-corrected chi connectivity index (χ4v) is 4.20. The second-order valence-electron chi connectivity index (χ2n) is 9.05. The standard InChI is InChI=1S/C27H33N3O11/c1-7-8-19-9-10-21(22(11-19)35-6)37-13-20-12-30(29-28-20)27-26(40-18(5)34)25(39-17(4)33)24(38-16(3)32)23(41-27)14-36-15(2)31/h7,9-12,23-27H,1,8,13-14H2,2-6H3/t23-,24-,25+,26-,27-/m1/s1. The van der Waals surface area contributed by atoms with Gasteiger partial charge in [0.25, 0.3) is 0 Å². The van der Waals surface area contributed by atoms with E-state index in [1.165, 1.54) is 24.9 Å². The number of methoxy groups -OCH3 is 1. The van der Waals surface area contributed by atoms with Gasteiger partial charge >= 0.3 is 23.9 Å². The number of nitrogens with zero attached hydrogens (tertiary/aromatic N) is 3. The molecule has 1 aromatic carbocycles. The molecule has 1 aromatic heterocycles. The van der Waals surface area contributed by atoms with Crippen molar-refractivity contribution in [3.8, 4) is 11.5 Å².